The first-order chi connectivity index (χ1) is 8.00. The number of aromatic nitrogens is 2. The Hall–Kier alpha value is -0.680. The summed E-state index contributed by atoms with van der Waals surface area (Å²) in [6.45, 7) is 6.02. The first-order valence-corrected chi connectivity index (χ1v) is 6.72. The Bertz CT molecular complexity index is 428. The van der Waals surface area contributed by atoms with Crippen LogP contribution in [0.15, 0.2) is 10.7 Å². The molecule has 0 N–H and O–H groups in total. The number of halogens is 1. The molecule has 2 atom stereocenters. The molecule has 0 saturated carbocycles. The maximum absolute atomic E-state index is 12.4. The summed E-state index contributed by atoms with van der Waals surface area (Å²) >= 11 is 3.39. The minimum atomic E-state index is -0.310. The Balaban J connectivity index is 2.27. The topological polar surface area (TPSA) is 44.1 Å². The van der Waals surface area contributed by atoms with Crippen molar-refractivity contribution in [1.82, 2.24) is 9.78 Å². The third kappa shape index (κ3) is 2.45. The molecule has 1 aromatic rings. The highest BCUT2D eigenvalue weighted by Gasteiger charge is 2.32. The van der Waals surface area contributed by atoms with Crippen molar-refractivity contribution in [3.8, 4) is 0 Å². The van der Waals surface area contributed by atoms with Gasteiger partial charge >= 0.3 is 0 Å². The highest BCUT2D eigenvalue weighted by atomic mass is 79.9. The molecule has 4 nitrogen and oxygen atoms in total. The maximum Gasteiger partial charge on any atom is 0.210 e. The van der Waals surface area contributed by atoms with Gasteiger partial charge in [-0.1, -0.05) is 0 Å². The predicted octanol–water partition coefficient (Wildman–Crippen LogP) is 2.98. The van der Waals surface area contributed by atoms with Crippen molar-refractivity contribution >= 4 is 21.7 Å². The molecule has 0 aromatic carbocycles. The van der Waals surface area contributed by atoms with Crippen LogP contribution in [-0.4, -0.2) is 27.8 Å². The normalized spacial score (nSPS) is 24.5. The van der Waals surface area contributed by atoms with Gasteiger partial charge in [-0.15, -0.1) is 0 Å². The van der Waals surface area contributed by atoms with E-state index in [4.69, 9.17) is 4.74 Å². The Morgan fingerprint density at radius 2 is 2.29 bits per heavy atom. The molecule has 1 aliphatic rings. The fourth-order valence-corrected chi connectivity index (χ4v) is 2.58. The first-order valence-electron chi connectivity index (χ1n) is 5.93. The van der Waals surface area contributed by atoms with Crippen molar-refractivity contribution in [2.45, 2.75) is 51.9 Å². The second-order valence-corrected chi connectivity index (χ2v) is 5.61. The van der Waals surface area contributed by atoms with Gasteiger partial charge < -0.3 is 4.74 Å². The van der Waals surface area contributed by atoms with Crippen molar-refractivity contribution in [2.75, 3.05) is 0 Å². The van der Waals surface area contributed by atoms with E-state index in [0.29, 0.717) is 5.69 Å². The van der Waals surface area contributed by atoms with E-state index in [1.807, 2.05) is 20.8 Å². The molecule has 0 spiro atoms. The summed E-state index contributed by atoms with van der Waals surface area (Å²) in [6, 6.07) is 0.166. The monoisotopic (exact) mass is 300 g/mol. The van der Waals surface area contributed by atoms with Gasteiger partial charge in [-0.3, -0.25) is 9.48 Å². The molecule has 1 fully saturated rings. The zero-order valence-corrected chi connectivity index (χ0v) is 11.9. The van der Waals surface area contributed by atoms with Gasteiger partial charge in [0.15, 0.2) is 0 Å². The predicted molar refractivity (Wildman–Crippen MR) is 68.2 cm³/mol. The van der Waals surface area contributed by atoms with E-state index in [1.54, 1.807) is 10.9 Å². The van der Waals surface area contributed by atoms with E-state index >= 15 is 0 Å². The number of carbonyl (C=O) groups excluding carboxylic acids is 1. The Kier molecular flexibility index (Phi) is 3.68. The van der Waals surface area contributed by atoms with Gasteiger partial charge in [0.1, 0.15) is 11.8 Å². The molecule has 0 radical (unpaired) electrons. The molecular formula is C12H17BrN2O2. The number of hydrogen-bond acceptors (Lipinski definition) is 3. The summed E-state index contributed by atoms with van der Waals surface area (Å²) in [5, 5.41) is 4.22. The molecule has 1 aliphatic heterocycles. The molecule has 2 rings (SSSR count). The van der Waals surface area contributed by atoms with Crippen molar-refractivity contribution in [2.24, 2.45) is 0 Å². The maximum atomic E-state index is 12.4. The van der Waals surface area contributed by atoms with E-state index in [9.17, 15) is 4.79 Å². The number of hydrogen-bond donors (Lipinski definition) is 0. The molecule has 2 unspecified atom stereocenters. The van der Waals surface area contributed by atoms with Crippen LogP contribution in [0.3, 0.4) is 0 Å². The zero-order chi connectivity index (χ0) is 12.6. The quantitative estimate of drug-likeness (QED) is 0.806. The molecule has 1 aromatic heterocycles. The number of carbonyl (C=O) groups is 1. The Morgan fingerprint density at radius 3 is 2.82 bits per heavy atom. The van der Waals surface area contributed by atoms with E-state index < -0.39 is 0 Å². The van der Waals surface area contributed by atoms with Crippen molar-refractivity contribution in [3.63, 3.8) is 0 Å². The number of ether oxygens (including phenoxy) is 1. The molecule has 1 saturated heterocycles. The minimum Gasteiger partial charge on any atom is -0.367 e. The smallest absolute Gasteiger partial charge is 0.210 e. The van der Waals surface area contributed by atoms with Crippen LogP contribution in [0.5, 0.6) is 0 Å². The molecule has 17 heavy (non-hydrogen) atoms. The van der Waals surface area contributed by atoms with E-state index in [2.05, 4.69) is 21.0 Å². The van der Waals surface area contributed by atoms with Crippen LogP contribution in [0.2, 0.25) is 0 Å². The van der Waals surface area contributed by atoms with Crippen molar-refractivity contribution in [3.05, 3.63) is 16.4 Å². The molecule has 0 bridgehead atoms. The molecular weight excluding hydrogens is 284 g/mol. The first kappa shape index (κ1) is 12.8. The van der Waals surface area contributed by atoms with Gasteiger partial charge in [0, 0.05) is 6.04 Å². The highest BCUT2D eigenvalue weighted by Crippen LogP contribution is 2.27. The van der Waals surface area contributed by atoms with Crippen LogP contribution in [0.4, 0.5) is 0 Å². The molecule has 2 heterocycles. The van der Waals surface area contributed by atoms with Crippen molar-refractivity contribution < 1.29 is 9.53 Å². The third-order valence-electron chi connectivity index (χ3n) is 3.00. The van der Waals surface area contributed by atoms with Gasteiger partial charge in [0.05, 0.1) is 16.8 Å². The molecule has 0 aliphatic carbocycles. The lowest BCUT2D eigenvalue weighted by atomic mass is 10.1. The summed E-state index contributed by atoms with van der Waals surface area (Å²) in [6.07, 6.45) is 3.29. The summed E-state index contributed by atoms with van der Waals surface area (Å²) < 4.78 is 8.12. The third-order valence-corrected chi connectivity index (χ3v) is 3.58. The SMILES string of the molecule is CC1CCC(C(=O)c2c(Br)cnn2C(C)C)O1. The summed E-state index contributed by atoms with van der Waals surface area (Å²) in [7, 11) is 0. The average molecular weight is 301 g/mol. The Morgan fingerprint density at radius 1 is 1.59 bits per heavy atom. The average Bonchev–Trinajstić information content (AvgIpc) is 2.83. The number of Topliss-reactive ketones (excluding diaryl/α,β-unsaturated/α-hetero) is 1. The van der Waals surface area contributed by atoms with Crippen LogP contribution in [0.1, 0.15) is 50.1 Å². The number of ketones is 1. The lowest BCUT2D eigenvalue weighted by Crippen LogP contribution is -2.25. The molecule has 5 heteroatoms. The van der Waals surface area contributed by atoms with E-state index in [0.717, 1.165) is 17.3 Å². The van der Waals surface area contributed by atoms with Gasteiger partial charge in [-0.2, -0.15) is 5.10 Å². The lowest BCUT2D eigenvalue weighted by molar-refractivity contribution is 0.0422. The number of nitrogens with zero attached hydrogens (tertiary/aromatic N) is 2. The fraction of sp³-hybridized carbons (Fsp3) is 0.667. The summed E-state index contributed by atoms with van der Waals surface area (Å²) in [4.78, 5) is 12.4. The van der Waals surface area contributed by atoms with Crippen LogP contribution in [0.25, 0.3) is 0 Å². The lowest BCUT2D eigenvalue weighted by Gasteiger charge is -2.14. The fourth-order valence-electron chi connectivity index (χ4n) is 2.11. The highest BCUT2D eigenvalue weighted by molar-refractivity contribution is 9.10. The number of rotatable bonds is 3. The largest absolute Gasteiger partial charge is 0.367 e. The van der Waals surface area contributed by atoms with Crippen LogP contribution in [-0.2, 0) is 4.74 Å². The van der Waals surface area contributed by atoms with Gasteiger partial charge in [-0.25, -0.2) is 0 Å². The van der Waals surface area contributed by atoms with E-state index in [-0.39, 0.29) is 24.0 Å². The van der Waals surface area contributed by atoms with Gasteiger partial charge in [-0.05, 0) is 49.5 Å². The van der Waals surface area contributed by atoms with Crippen LogP contribution < -0.4 is 0 Å². The second-order valence-electron chi connectivity index (χ2n) is 4.76. The van der Waals surface area contributed by atoms with Gasteiger partial charge in [0.2, 0.25) is 5.78 Å². The molecule has 94 valence electrons. The standard InChI is InChI=1S/C12H17BrN2O2/c1-7(2)15-11(9(13)6-14-15)12(16)10-5-4-8(3)17-10/h6-8,10H,4-5H2,1-3H3. The van der Waals surface area contributed by atoms with Crippen molar-refractivity contribution in [1.29, 1.82) is 0 Å². The van der Waals surface area contributed by atoms with Gasteiger partial charge in [0.25, 0.3) is 0 Å². The minimum absolute atomic E-state index is 0.0347. The van der Waals surface area contributed by atoms with Crippen LogP contribution in [0, 0.1) is 0 Å². The van der Waals surface area contributed by atoms with E-state index in [1.165, 1.54) is 0 Å². The summed E-state index contributed by atoms with van der Waals surface area (Å²) in [5.41, 5.74) is 0.624. The Labute approximate surface area is 109 Å². The molecule has 0 amide bonds. The van der Waals surface area contributed by atoms with Crippen LogP contribution >= 0.6 is 15.9 Å². The second kappa shape index (κ2) is 4.90. The zero-order valence-electron chi connectivity index (χ0n) is 10.3. The summed E-state index contributed by atoms with van der Waals surface area (Å²) in [5.74, 6) is 0.0347.